The third-order valence-electron chi connectivity index (χ3n) is 3.86. The molecule has 0 aliphatic heterocycles. The molecule has 2 unspecified atom stereocenters. The summed E-state index contributed by atoms with van der Waals surface area (Å²) in [6.07, 6.45) is 5.05. The molecule has 2 atom stereocenters. The van der Waals surface area contributed by atoms with Crippen molar-refractivity contribution in [3.8, 4) is 0 Å². The van der Waals surface area contributed by atoms with Crippen LogP contribution in [0, 0.1) is 6.92 Å². The molecule has 3 rings (SSSR count). The Kier molecular flexibility index (Phi) is 2.88. The zero-order valence-electron chi connectivity index (χ0n) is 10.9. The Morgan fingerprint density at radius 2 is 2.11 bits per heavy atom. The Hall–Kier alpha value is -1.67. The quantitative estimate of drug-likeness (QED) is 0.889. The molecule has 0 saturated heterocycles. The Balaban J connectivity index is 1.92. The van der Waals surface area contributed by atoms with Crippen molar-refractivity contribution in [3.63, 3.8) is 0 Å². The van der Waals surface area contributed by atoms with Gasteiger partial charge in [-0.05, 0) is 42.6 Å². The zero-order chi connectivity index (χ0) is 12.5. The second-order valence-corrected chi connectivity index (χ2v) is 5.07. The molecule has 1 N–H and O–H groups in total. The van der Waals surface area contributed by atoms with E-state index < -0.39 is 0 Å². The molecule has 2 aromatic rings. The van der Waals surface area contributed by atoms with Crippen molar-refractivity contribution < 1.29 is 0 Å². The average Bonchev–Trinajstić information content (AvgIpc) is 2.36. The van der Waals surface area contributed by atoms with Gasteiger partial charge in [0, 0.05) is 24.4 Å². The third-order valence-corrected chi connectivity index (χ3v) is 3.86. The van der Waals surface area contributed by atoms with Crippen LogP contribution in [0.3, 0.4) is 0 Å². The van der Waals surface area contributed by atoms with E-state index in [1.165, 1.54) is 22.3 Å². The van der Waals surface area contributed by atoms with Gasteiger partial charge in [-0.3, -0.25) is 4.98 Å². The molecule has 2 heteroatoms. The van der Waals surface area contributed by atoms with Crippen LogP contribution in [-0.4, -0.2) is 12.0 Å². The van der Waals surface area contributed by atoms with Crippen molar-refractivity contribution in [1.29, 1.82) is 0 Å². The Morgan fingerprint density at radius 3 is 2.83 bits per heavy atom. The number of hydrogen-bond donors (Lipinski definition) is 1. The molecular formula is C16H18N2. The number of nitrogens with one attached hydrogen (secondary N) is 1. The molecule has 0 saturated carbocycles. The number of fused-ring (bicyclic) bond motifs is 1. The van der Waals surface area contributed by atoms with E-state index in [2.05, 4.69) is 47.6 Å². The molecule has 0 amide bonds. The van der Waals surface area contributed by atoms with Crippen LogP contribution in [0.4, 0.5) is 0 Å². The molecule has 0 spiro atoms. The lowest BCUT2D eigenvalue weighted by Crippen LogP contribution is -2.31. The lowest BCUT2D eigenvalue weighted by atomic mass is 9.72. The number of benzene rings is 1. The molecule has 1 aliphatic rings. The van der Waals surface area contributed by atoms with Gasteiger partial charge in [0.2, 0.25) is 0 Å². The van der Waals surface area contributed by atoms with Gasteiger partial charge in [-0.25, -0.2) is 0 Å². The number of aryl methyl sites for hydroxylation is 1. The average molecular weight is 238 g/mol. The molecule has 0 bridgehead atoms. The predicted molar refractivity (Wildman–Crippen MR) is 73.7 cm³/mol. The van der Waals surface area contributed by atoms with Crippen molar-refractivity contribution in [2.75, 3.05) is 7.05 Å². The standard InChI is InChI=1S/C16H18N2/c1-11-7-13(10-18-9-11)16(17-2)15-8-12-5-3-4-6-14(12)15/h3-7,9-10,15-17H,8H2,1-2H3. The molecular weight excluding hydrogens is 220 g/mol. The number of rotatable bonds is 3. The Morgan fingerprint density at radius 1 is 1.28 bits per heavy atom. The van der Waals surface area contributed by atoms with E-state index in [1.54, 1.807) is 0 Å². The van der Waals surface area contributed by atoms with Crippen LogP contribution in [0.15, 0.2) is 42.7 Å². The van der Waals surface area contributed by atoms with Crippen molar-refractivity contribution in [2.45, 2.75) is 25.3 Å². The summed E-state index contributed by atoms with van der Waals surface area (Å²) in [6, 6.07) is 11.3. The van der Waals surface area contributed by atoms with Gasteiger partial charge in [0.25, 0.3) is 0 Å². The van der Waals surface area contributed by atoms with Gasteiger partial charge in [0.05, 0.1) is 0 Å². The van der Waals surface area contributed by atoms with Crippen LogP contribution in [0.1, 0.15) is 34.2 Å². The predicted octanol–water partition coefficient (Wildman–Crippen LogP) is 2.99. The lowest BCUT2D eigenvalue weighted by Gasteiger charge is -2.36. The van der Waals surface area contributed by atoms with Gasteiger partial charge < -0.3 is 5.32 Å². The SMILES string of the molecule is CNC(c1cncc(C)c1)C1Cc2ccccc21. The number of nitrogens with zero attached hydrogens (tertiary/aromatic N) is 1. The van der Waals surface area contributed by atoms with E-state index in [-0.39, 0.29) is 0 Å². The molecule has 1 aromatic heterocycles. The van der Waals surface area contributed by atoms with E-state index in [0.29, 0.717) is 12.0 Å². The summed E-state index contributed by atoms with van der Waals surface area (Å²) >= 11 is 0. The highest BCUT2D eigenvalue weighted by Crippen LogP contribution is 2.43. The van der Waals surface area contributed by atoms with Crippen molar-refractivity contribution >= 4 is 0 Å². The number of likely N-dealkylation sites (N-methyl/N-ethyl adjacent to an activating group) is 1. The Labute approximate surface area is 108 Å². The summed E-state index contributed by atoms with van der Waals surface area (Å²) in [5, 5.41) is 3.45. The van der Waals surface area contributed by atoms with Gasteiger partial charge in [-0.1, -0.05) is 30.3 Å². The fourth-order valence-corrected chi connectivity index (χ4v) is 2.94. The second kappa shape index (κ2) is 4.54. The van der Waals surface area contributed by atoms with Gasteiger partial charge in [0.1, 0.15) is 0 Å². The molecule has 0 radical (unpaired) electrons. The molecule has 92 valence electrons. The maximum absolute atomic E-state index is 4.31. The normalized spacial score (nSPS) is 18.9. The van der Waals surface area contributed by atoms with Crippen LogP contribution in [0.25, 0.3) is 0 Å². The van der Waals surface area contributed by atoms with Gasteiger partial charge in [-0.2, -0.15) is 0 Å². The summed E-state index contributed by atoms with van der Waals surface area (Å²) in [6.45, 7) is 2.10. The van der Waals surface area contributed by atoms with E-state index >= 15 is 0 Å². The smallest absolute Gasteiger partial charge is 0.0405 e. The highest BCUT2D eigenvalue weighted by atomic mass is 14.9. The third kappa shape index (κ3) is 1.83. The highest BCUT2D eigenvalue weighted by Gasteiger charge is 2.32. The van der Waals surface area contributed by atoms with Crippen LogP contribution in [0.2, 0.25) is 0 Å². The second-order valence-electron chi connectivity index (χ2n) is 5.07. The first-order chi connectivity index (χ1) is 8.79. The molecule has 0 fully saturated rings. The maximum atomic E-state index is 4.31. The van der Waals surface area contributed by atoms with E-state index in [9.17, 15) is 0 Å². The zero-order valence-corrected chi connectivity index (χ0v) is 10.9. The van der Waals surface area contributed by atoms with Crippen LogP contribution >= 0.6 is 0 Å². The molecule has 1 aliphatic carbocycles. The lowest BCUT2D eigenvalue weighted by molar-refractivity contribution is 0.438. The van der Waals surface area contributed by atoms with Crippen LogP contribution < -0.4 is 5.32 Å². The summed E-state index contributed by atoms with van der Waals surface area (Å²) in [7, 11) is 2.04. The molecule has 2 nitrogen and oxygen atoms in total. The van der Waals surface area contributed by atoms with Crippen LogP contribution in [0.5, 0.6) is 0 Å². The summed E-state index contributed by atoms with van der Waals surface area (Å²) in [5.41, 5.74) is 5.49. The molecule has 18 heavy (non-hydrogen) atoms. The van der Waals surface area contributed by atoms with E-state index in [1.807, 2.05) is 19.4 Å². The fraction of sp³-hybridized carbons (Fsp3) is 0.312. The summed E-state index contributed by atoms with van der Waals surface area (Å²) in [4.78, 5) is 4.31. The number of hydrogen-bond acceptors (Lipinski definition) is 2. The summed E-state index contributed by atoms with van der Waals surface area (Å²) in [5.74, 6) is 0.579. The van der Waals surface area contributed by atoms with E-state index in [4.69, 9.17) is 0 Å². The van der Waals surface area contributed by atoms with Crippen molar-refractivity contribution in [2.24, 2.45) is 0 Å². The molecule has 1 aromatic carbocycles. The van der Waals surface area contributed by atoms with Crippen molar-refractivity contribution in [1.82, 2.24) is 10.3 Å². The number of aromatic nitrogens is 1. The van der Waals surface area contributed by atoms with Crippen molar-refractivity contribution in [3.05, 3.63) is 65.0 Å². The first-order valence-corrected chi connectivity index (χ1v) is 6.46. The topological polar surface area (TPSA) is 24.9 Å². The van der Waals surface area contributed by atoms with Gasteiger partial charge in [-0.15, -0.1) is 0 Å². The maximum Gasteiger partial charge on any atom is 0.0405 e. The first kappa shape index (κ1) is 11.4. The minimum absolute atomic E-state index is 0.368. The van der Waals surface area contributed by atoms with Gasteiger partial charge >= 0.3 is 0 Å². The summed E-state index contributed by atoms with van der Waals surface area (Å²) < 4.78 is 0. The van der Waals surface area contributed by atoms with E-state index in [0.717, 1.165) is 6.42 Å². The van der Waals surface area contributed by atoms with Crippen LogP contribution in [-0.2, 0) is 6.42 Å². The minimum atomic E-state index is 0.368. The Bertz CT molecular complexity index is 563. The highest BCUT2D eigenvalue weighted by molar-refractivity contribution is 5.43. The molecule has 1 heterocycles. The van der Waals surface area contributed by atoms with Gasteiger partial charge in [0.15, 0.2) is 0 Å². The number of pyridine rings is 1. The fourth-order valence-electron chi connectivity index (χ4n) is 2.94. The monoisotopic (exact) mass is 238 g/mol. The minimum Gasteiger partial charge on any atom is -0.312 e. The largest absolute Gasteiger partial charge is 0.312 e. The first-order valence-electron chi connectivity index (χ1n) is 6.46.